The molecule has 0 bridgehead atoms. The van der Waals surface area contributed by atoms with Crippen LogP contribution in [-0.4, -0.2) is 20.1 Å². The van der Waals surface area contributed by atoms with Gasteiger partial charge in [0.05, 0.1) is 13.7 Å². The minimum atomic E-state index is -2.30. The minimum absolute atomic E-state index is 0.272. The van der Waals surface area contributed by atoms with Crippen molar-refractivity contribution < 1.29 is 13.5 Å². The molecule has 0 atom stereocenters. The molecular weight excluding hydrogens is 188 g/mol. The Labute approximate surface area is 81.9 Å². The Morgan fingerprint density at radius 1 is 1.29 bits per heavy atom. The average Bonchev–Trinajstić information content (AvgIpc) is 2.18. The third kappa shape index (κ3) is 3.70. The van der Waals surface area contributed by atoms with Gasteiger partial charge >= 0.3 is 0 Å². The molecule has 0 aromatic heterocycles. The van der Waals surface area contributed by atoms with Crippen molar-refractivity contribution in [1.82, 2.24) is 5.32 Å². The number of alkyl halides is 2. The first-order valence-electron chi connectivity index (χ1n) is 4.34. The number of ether oxygens (including phenoxy) is 1. The second-order valence-electron chi connectivity index (χ2n) is 2.87. The summed E-state index contributed by atoms with van der Waals surface area (Å²) in [5, 5.41) is 2.65. The summed E-state index contributed by atoms with van der Waals surface area (Å²) in [5.74, 6) is 0.766. The van der Waals surface area contributed by atoms with E-state index in [9.17, 15) is 8.78 Å². The van der Waals surface area contributed by atoms with Crippen LogP contribution in [0, 0.1) is 0 Å². The molecule has 0 saturated heterocycles. The van der Waals surface area contributed by atoms with E-state index in [2.05, 4.69) is 5.32 Å². The molecule has 0 aliphatic heterocycles. The van der Waals surface area contributed by atoms with Crippen LogP contribution in [0.1, 0.15) is 5.56 Å². The molecular formula is C10H13F2NO. The molecule has 0 amide bonds. The van der Waals surface area contributed by atoms with Gasteiger partial charge in [-0.15, -0.1) is 0 Å². The van der Waals surface area contributed by atoms with Crippen LogP contribution in [0.2, 0.25) is 0 Å². The van der Waals surface area contributed by atoms with E-state index in [4.69, 9.17) is 4.74 Å². The van der Waals surface area contributed by atoms with Gasteiger partial charge in [0.25, 0.3) is 6.43 Å². The topological polar surface area (TPSA) is 21.3 Å². The van der Waals surface area contributed by atoms with Crippen molar-refractivity contribution >= 4 is 0 Å². The highest BCUT2D eigenvalue weighted by Gasteiger charge is 2.00. The predicted molar refractivity (Wildman–Crippen MR) is 50.7 cm³/mol. The van der Waals surface area contributed by atoms with Crippen LogP contribution in [-0.2, 0) is 6.54 Å². The summed E-state index contributed by atoms with van der Waals surface area (Å²) >= 11 is 0. The van der Waals surface area contributed by atoms with Crippen molar-refractivity contribution in [2.75, 3.05) is 13.7 Å². The van der Waals surface area contributed by atoms with Crippen molar-refractivity contribution in [2.24, 2.45) is 0 Å². The molecule has 0 aliphatic carbocycles. The Morgan fingerprint density at radius 3 is 2.43 bits per heavy atom. The molecule has 1 aromatic carbocycles. The molecule has 0 saturated carbocycles. The zero-order valence-corrected chi connectivity index (χ0v) is 7.97. The van der Waals surface area contributed by atoms with Gasteiger partial charge in [0.2, 0.25) is 0 Å². The molecule has 0 unspecified atom stereocenters. The van der Waals surface area contributed by atoms with Crippen molar-refractivity contribution in [3.63, 3.8) is 0 Å². The maximum absolute atomic E-state index is 11.8. The SMILES string of the molecule is COc1ccc(CNCC(F)F)cc1. The molecule has 2 nitrogen and oxygen atoms in total. The Bertz CT molecular complexity index is 261. The molecule has 0 heterocycles. The predicted octanol–water partition coefficient (Wildman–Crippen LogP) is 2.05. The van der Waals surface area contributed by atoms with Gasteiger partial charge in [0.1, 0.15) is 5.75 Å². The fourth-order valence-corrected chi connectivity index (χ4v) is 1.07. The van der Waals surface area contributed by atoms with Gasteiger partial charge in [-0.1, -0.05) is 12.1 Å². The normalized spacial score (nSPS) is 10.6. The number of rotatable bonds is 5. The lowest BCUT2D eigenvalue weighted by Crippen LogP contribution is -2.20. The van der Waals surface area contributed by atoms with Crippen LogP contribution in [0.15, 0.2) is 24.3 Å². The molecule has 1 N–H and O–H groups in total. The van der Waals surface area contributed by atoms with Crippen LogP contribution >= 0.6 is 0 Å². The van der Waals surface area contributed by atoms with E-state index in [1.165, 1.54) is 0 Å². The highest BCUT2D eigenvalue weighted by Crippen LogP contribution is 2.10. The van der Waals surface area contributed by atoms with Gasteiger partial charge in [-0.05, 0) is 17.7 Å². The zero-order valence-electron chi connectivity index (χ0n) is 7.97. The lowest BCUT2D eigenvalue weighted by molar-refractivity contribution is 0.145. The van der Waals surface area contributed by atoms with E-state index >= 15 is 0 Å². The molecule has 1 aromatic rings. The molecule has 0 radical (unpaired) electrons. The van der Waals surface area contributed by atoms with Gasteiger partial charge in [0, 0.05) is 6.54 Å². The van der Waals surface area contributed by atoms with E-state index < -0.39 is 6.43 Å². The van der Waals surface area contributed by atoms with Gasteiger partial charge in [-0.25, -0.2) is 8.78 Å². The van der Waals surface area contributed by atoms with Gasteiger partial charge in [0.15, 0.2) is 0 Å². The standard InChI is InChI=1S/C10H13F2NO/c1-14-9-4-2-8(3-5-9)6-13-7-10(11)12/h2-5,10,13H,6-7H2,1H3. The zero-order chi connectivity index (χ0) is 10.4. The lowest BCUT2D eigenvalue weighted by atomic mass is 10.2. The second kappa shape index (κ2) is 5.54. The Balaban J connectivity index is 2.36. The number of benzene rings is 1. The first-order chi connectivity index (χ1) is 6.72. The van der Waals surface area contributed by atoms with Crippen molar-refractivity contribution in [3.05, 3.63) is 29.8 Å². The van der Waals surface area contributed by atoms with Crippen molar-refractivity contribution in [1.29, 1.82) is 0 Å². The summed E-state index contributed by atoms with van der Waals surface area (Å²) in [4.78, 5) is 0. The third-order valence-electron chi connectivity index (χ3n) is 1.79. The van der Waals surface area contributed by atoms with Crippen molar-refractivity contribution in [2.45, 2.75) is 13.0 Å². The van der Waals surface area contributed by atoms with Gasteiger partial charge < -0.3 is 10.1 Å². The molecule has 0 fully saturated rings. The molecule has 0 aliphatic rings. The van der Waals surface area contributed by atoms with Crippen molar-refractivity contribution in [3.8, 4) is 5.75 Å². The monoisotopic (exact) mass is 201 g/mol. The first kappa shape index (κ1) is 10.9. The van der Waals surface area contributed by atoms with Gasteiger partial charge in [-0.3, -0.25) is 0 Å². The summed E-state index contributed by atoms with van der Waals surface area (Å²) in [5.41, 5.74) is 0.964. The number of hydrogen-bond donors (Lipinski definition) is 1. The number of nitrogens with one attached hydrogen (secondary N) is 1. The fraction of sp³-hybridized carbons (Fsp3) is 0.400. The van der Waals surface area contributed by atoms with E-state index in [1.54, 1.807) is 19.2 Å². The molecule has 0 spiro atoms. The fourth-order valence-electron chi connectivity index (χ4n) is 1.07. The first-order valence-corrected chi connectivity index (χ1v) is 4.34. The summed E-state index contributed by atoms with van der Waals surface area (Å²) in [6.45, 7) is 0.181. The summed E-state index contributed by atoms with van der Waals surface area (Å²) in [7, 11) is 1.59. The van der Waals surface area contributed by atoms with E-state index in [0.29, 0.717) is 6.54 Å². The summed E-state index contributed by atoms with van der Waals surface area (Å²) < 4.78 is 28.5. The van der Waals surface area contributed by atoms with Crippen LogP contribution in [0.25, 0.3) is 0 Å². The van der Waals surface area contributed by atoms with Gasteiger partial charge in [-0.2, -0.15) is 0 Å². The van der Waals surface area contributed by atoms with E-state index in [1.807, 2.05) is 12.1 Å². The van der Waals surface area contributed by atoms with Crippen LogP contribution in [0.5, 0.6) is 5.75 Å². The molecule has 1 rings (SSSR count). The largest absolute Gasteiger partial charge is 0.497 e. The maximum atomic E-state index is 11.8. The highest BCUT2D eigenvalue weighted by atomic mass is 19.3. The van der Waals surface area contributed by atoms with E-state index in [0.717, 1.165) is 11.3 Å². The van der Waals surface area contributed by atoms with Crippen LogP contribution in [0.4, 0.5) is 8.78 Å². The molecule has 78 valence electrons. The van der Waals surface area contributed by atoms with E-state index in [-0.39, 0.29) is 6.54 Å². The van der Waals surface area contributed by atoms with Crippen LogP contribution in [0.3, 0.4) is 0 Å². The number of methoxy groups -OCH3 is 1. The lowest BCUT2D eigenvalue weighted by Gasteiger charge is -2.05. The Morgan fingerprint density at radius 2 is 1.93 bits per heavy atom. The Hall–Kier alpha value is -1.16. The third-order valence-corrected chi connectivity index (χ3v) is 1.79. The quantitative estimate of drug-likeness (QED) is 0.787. The number of halogens is 2. The number of hydrogen-bond acceptors (Lipinski definition) is 2. The average molecular weight is 201 g/mol. The highest BCUT2D eigenvalue weighted by molar-refractivity contribution is 5.26. The minimum Gasteiger partial charge on any atom is -0.497 e. The molecule has 4 heteroatoms. The summed E-state index contributed by atoms with van der Waals surface area (Å²) in [6.07, 6.45) is -2.30. The summed E-state index contributed by atoms with van der Waals surface area (Å²) in [6, 6.07) is 7.30. The smallest absolute Gasteiger partial charge is 0.250 e. The second-order valence-corrected chi connectivity index (χ2v) is 2.87. The maximum Gasteiger partial charge on any atom is 0.250 e. The molecule has 14 heavy (non-hydrogen) atoms. The van der Waals surface area contributed by atoms with Crippen LogP contribution < -0.4 is 10.1 Å². The Kier molecular flexibility index (Phi) is 4.32.